The van der Waals surface area contributed by atoms with Gasteiger partial charge in [0.25, 0.3) is 5.60 Å². The first-order valence-electron chi connectivity index (χ1n) is 11.3. The van der Waals surface area contributed by atoms with Gasteiger partial charge < -0.3 is 14.2 Å². The van der Waals surface area contributed by atoms with Gasteiger partial charge in [-0.3, -0.25) is 4.79 Å². The molecule has 0 amide bonds. The van der Waals surface area contributed by atoms with Crippen molar-refractivity contribution >= 4 is 11.9 Å². The molecular formula is C25H31F3O5. The summed E-state index contributed by atoms with van der Waals surface area (Å²) in [6, 6.07) is 6.85. The molecule has 1 aromatic rings. The molecule has 5 nitrogen and oxygen atoms in total. The van der Waals surface area contributed by atoms with Crippen LogP contribution in [0, 0.1) is 23.7 Å². The van der Waals surface area contributed by atoms with Crippen molar-refractivity contribution in [1.82, 2.24) is 0 Å². The Morgan fingerprint density at radius 2 is 1.76 bits per heavy atom. The average Bonchev–Trinajstić information content (AvgIpc) is 2.79. The van der Waals surface area contributed by atoms with E-state index in [1.807, 2.05) is 0 Å². The molecule has 0 saturated heterocycles. The summed E-state index contributed by atoms with van der Waals surface area (Å²) in [5, 5.41) is 0. The molecule has 8 heteroatoms. The largest absolute Gasteiger partial charge is 0.469 e. The number of rotatable bonds is 7. The Kier molecular flexibility index (Phi) is 7.88. The fraction of sp³-hybridized carbons (Fsp3) is 0.600. The highest BCUT2D eigenvalue weighted by atomic mass is 19.4. The summed E-state index contributed by atoms with van der Waals surface area (Å²) in [5.41, 5.74) is -3.49. The lowest BCUT2D eigenvalue weighted by molar-refractivity contribution is -0.278. The van der Waals surface area contributed by atoms with Crippen molar-refractivity contribution in [1.29, 1.82) is 0 Å². The van der Waals surface area contributed by atoms with Gasteiger partial charge in [0.1, 0.15) is 6.10 Å². The van der Waals surface area contributed by atoms with Gasteiger partial charge in [0.15, 0.2) is 0 Å². The normalized spacial score (nSPS) is 29.0. The van der Waals surface area contributed by atoms with Gasteiger partial charge in [-0.25, -0.2) is 4.79 Å². The molecule has 6 atom stereocenters. The van der Waals surface area contributed by atoms with Crippen LogP contribution in [0.2, 0.25) is 0 Å². The highest BCUT2D eigenvalue weighted by Gasteiger charge is 2.64. The second kappa shape index (κ2) is 10.3. The summed E-state index contributed by atoms with van der Waals surface area (Å²) in [6.07, 6.45) is 1.19. The number of carbonyl (C=O) groups excluding carboxylic acids is 2. The Labute approximate surface area is 192 Å². The maximum Gasteiger partial charge on any atom is 0.432 e. The third-order valence-corrected chi connectivity index (χ3v) is 7.15. The van der Waals surface area contributed by atoms with Crippen LogP contribution in [0.25, 0.3) is 0 Å². The second-order valence-corrected chi connectivity index (χ2v) is 8.94. The number of halogens is 3. The molecule has 1 aromatic carbocycles. The number of hydrogen-bond acceptors (Lipinski definition) is 5. The number of fused-ring (bicyclic) bond motifs is 1. The van der Waals surface area contributed by atoms with Crippen LogP contribution in [0.4, 0.5) is 13.2 Å². The topological polar surface area (TPSA) is 61.8 Å². The summed E-state index contributed by atoms with van der Waals surface area (Å²) in [7, 11) is 2.24. The van der Waals surface area contributed by atoms with Crippen LogP contribution in [-0.4, -0.2) is 38.4 Å². The molecular weight excluding hydrogens is 437 g/mol. The molecule has 1 fully saturated rings. The van der Waals surface area contributed by atoms with Crippen LogP contribution in [0.1, 0.15) is 44.6 Å². The highest BCUT2D eigenvalue weighted by Crippen LogP contribution is 2.47. The molecule has 1 saturated carbocycles. The van der Waals surface area contributed by atoms with Crippen molar-refractivity contribution < 1.29 is 37.0 Å². The molecule has 2 aliphatic carbocycles. The van der Waals surface area contributed by atoms with Gasteiger partial charge in [0, 0.05) is 19.1 Å². The van der Waals surface area contributed by atoms with E-state index >= 15 is 0 Å². The molecule has 3 rings (SSSR count). The Morgan fingerprint density at radius 1 is 1.06 bits per heavy atom. The molecule has 33 heavy (non-hydrogen) atoms. The minimum Gasteiger partial charge on any atom is -0.469 e. The van der Waals surface area contributed by atoms with E-state index in [0.29, 0.717) is 38.0 Å². The monoisotopic (exact) mass is 468 g/mol. The number of esters is 2. The molecule has 0 N–H and O–H groups in total. The van der Waals surface area contributed by atoms with Crippen LogP contribution in [0.3, 0.4) is 0 Å². The Balaban J connectivity index is 1.74. The third kappa shape index (κ3) is 5.10. The average molecular weight is 469 g/mol. The molecule has 2 aliphatic rings. The van der Waals surface area contributed by atoms with Crippen molar-refractivity contribution in [2.45, 2.75) is 56.9 Å². The van der Waals surface area contributed by atoms with E-state index in [0.717, 1.165) is 7.11 Å². The minimum atomic E-state index is -4.99. The number of methoxy groups -OCH3 is 2. The van der Waals surface area contributed by atoms with E-state index in [2.05, 4.69) is 19.1 Å². The van der Waals surface area contributed by atoms with Gasteiger partial charge in [-0.2, -0.15) is 13.2 Å². The number of carbonyl (C=O) groups is 2. The van der Waals surface area contributed by atoms with Crippen LogP contribution >= 0.6 is 0 Å². The maximum atomic E-state index is 14.1. The van der Waals surface area contributed by atoms with Gasteiger partial charge >= 0.3 is 18.1 Å². The number of benzene rings is 1. The number of ether oxygens (including phenoxy) is 3. The molecule has 182 valence electrons. The van der Waals surface area contributed by atoms with E-state index in [4.69, 9.17) is 14.2 Å². The van der Waals surface area contributed by atoms with Crippen molar-refractivity contribution in [3.05, 3.63) is 48.0 Å². The van der Waals surface area contributed by atoms with Crippen LogP contribution in [-0.2, 0) is 29.4 Å². The first-order valence-corrected chi connectivity index (χ1v) is 11.3. The summed E-state index contributed by atoms with van der Waals surface area (Å²) in [6.45, 7) is 2.11. The highest BCUT2D eigenvalue weighted by molar-refractivity contribution is 5.82. The van der Waals surface area contributed by atoms with Crippen LogP contribution in [0.5, 0.6) is 0 Å². The summed E-state index contributed by atoms with van der Waals surface area (Å²) in [4.78, 5) is 24.6. The molecule has 0 unspecified atom stereocenters. The Hall–Kier alpha value is -2.35. The van der Waals surface area contributed by atoms with Crippen molar-refractivity contribution in [2.75, 3.05) is 14.2 Å². The molecule has 0 spiro atoms. The smallest absolute Gasteiger partial charge is 0.432 e. The zero-order valence-corrected chi connectivity index (χ0v) is 19.1. The Morgan fingerprint density at radius 3 is 2.36 bits per heavy atom. The molecule has 0 heterocycles. The van der Waals surface area contributed by atoms with Gasteiger partial charge in [-0.1, -0.05) is 49.4 Å². The molecule has 0 bridgehead atoms. The van der Waals surface area contributed by atoms with Gasteiger partial charge in [0.05, 0.1) is 7.11 Å². The SMILES string of the molecule is COC(=O)CC[C@@H]1[C@H]2CC[C@H](OC(=O)[C@@](OC)(c3ccccc3)C(F)(F)F)C[C@@H]2C=C[C@@H]1C. The lowest BCUT2D eigenvalue weighted by Crippen LogP contribution is -2.53. The zero-order valence-electron chi connectivity index (χ0n) is 19.1. The lowest BCUT2D eigenvalue weighted by atomic mass is 9.63. The lowest BCUT2D eigenvalue weighted by Gasteiger charge is -2.44. The van der Waals surface area contributed by atoms with Gasteiger partial charge in [-0.05, 0) is 49.4 Å². The molecule has 0 aliphatic heterocycles. The van der Waals surface area contributed by atoms with Crippen LogP contribution in [0.15, 0.2) is 42.5 Å². The summed E-state index contributed by atoms with van der Waals surface area (Å²) < 4.78 is 57.5. The fourth-order valence-electron chi connectivity index (χ4n) is 5.38. The van der Waals surface area contributed by atoms with Crippen molar-refractivity contribution in [3.8, 4) is 0 Å². The van der Waals surface area contributed by atoms with E-state index in [-0.39, 0.29) is 29.3 Å². The summed E-state index contributed by atoms with van der Waals surface area (Å²) >= 11 is 0. The number of alkyl halides is 3. The quantitative estimate of drug-likeness (QED) is 0.407. The van der Waals surface area contributed by atoms with E-state index in [1.165, 1.54) is 31.4 Å². The molecule has 0 radical (unpaired) electrons. The first-order chi connectivity index (χ1) is 15.6. The minimum absolute atomic E-state index is 0.0787. The van der Waals surface area contributed by atoms with E-state index in [9.17, 15) is 22.8 Å². The number of allylic oxidation sites excluding steroid dienone is 2. The first kappa shape index (κ1) is 25.3. The summed E-state index contributed by atoms with van der Waals surface area (Å²) in [5.74, 6) is -0.765. The zero-order chi connectivity index (χ0) is 24.2. The van der Waals surface area contributed by atoms with Gasteiger partial charge in [-0.15, -0.1) is 0 Å². The third-order valence-electron chi connectivity index (χ3n) is 7.15. The van der Waals surface area contributed by atoms with E-state index in [1.54, 1.807) is 6.07 Å². The predicted octanol–water partition coefficient (Wildman–Crippen LogP) is 5.19. The van der Waals surface area contributed by atoms with E-state index < -0.39 is 23.9 Å². The molecule has 0 aromatic heterocycles. The van der Waals surface area contributed by atoms with Gasteiger partial charge in [0.2, 0.25) is 0 Å². The van der Waals surface area contributed by atoms with Crippen molar-refractivity contribution in [3.63, 3.8) is 0 Å². The predicted molar refractivity (Wildman–Crippen MR) is 115 cm³/mol. The standard InChI is InChI=1S/C25H31F3O5/c1-16-9-10-17-15-19(11-12-21(17)20(16)13-14-22(29)31-2)33-23(30)24(32-3,25(26,27)28)18-7-5-4-6-8-18/h4-10,16-17,19-21H,11-15H2,1-3H3/t16-,17-,19-,20-,21-,24-/m0/s1. The maximum absolute atomic E-state index is 14.1. The fourth-order valence-corrected chi connectivity index (χ4v) is 5.38. The Bertz CT molecular complexity index is 853. The van der Waals surface area contributed by atoms with Crippen molar-refractivity contribution in [2.24, 2.45) is 23.7 Å². The second-order valence-electron chi connectivity index (χ2n) is 8.94. The van der Waals surface area contributed by atoms with Crippen LogP contribution < -0.4 is 0 Å². The number of hydrogen-bond donors (Lipinski definition) is 0.